The van der Waals surface area contributed by atoms with Crippen LogP contribution in [0.3, 0.4) is 0 Å². The predicted molar refractivity (Wildman–Crippen MR) is 68.2 cm³/mol. The van der Waals surface area contributed by atoms with Crippen LogP contribution in [0.4, 0.5) is 5.82 Å². The van der Waals surface area contributed by atoms with Crippen LogP contribution in [0.2, 0.25) is 5.02 Å². The molecule has 7 heteroatoms. The number of pyridine rings is 1. The van der Waals surface area contributed by atoms with Crippen molar-refractivity contribution in [3.63, 3.8) is 0 Å². The first-order chi connectivity index (χ1) is 8.66. The number of nitrogens with zero attached hydrogens (tertiary/aromatic N) is 3. The molecule has 0 aliphatic heterocycles. The van der Waals surface area contributed by atoms with Gasteiger partial charge in [-0.1, -0.05) is 11.6 Å². The molecule has 0 fully saturated rings. The van der Waals surface area contributed by atoms with E-state index in [1.165, 1.54) is 12.3 Å². The Morgan fingerprint density at radius 2 is 2.39 bits per heavy atom. The summed E-state index contributed by atoms with van der Waals surface area (Å²) in [6, 6.07) is 3.27. The summed E-state index contributed by atoms with van der Waals surface area (Å²) in [5, 5.41) is 7.04. The van der Waals surface area contributed by atoms with Gasteiger partial charge in [0, 0.05) is 25.1 Å². The molecule has 2 rings (SSSR count). The molecular weight excluding hydrogens is 254 g/mol. The van der Waals surface area contributed by atoms with Crippen molar-refractivity contribution in [3.8, 4) is 0 Å². The van der Waals surface area contributed by atoms with Crippen LogP contribution in [-0.2, 0) is 6.54 Å². The van der Waals surface area contributed by atoms with E-state index in [0.717, 1.165) is 0 Å². The molecule has 2 aromatic rings. The molecule has 0 saturated heterocycles. The maximum absolute atomic E-state index is 11.8. The molecule has 2 heterocycles. The summed E-state index contributed by atoms with van der Waals surface area (Å²) in [5.74, 6) is -0.0158. The number of nitrogen functional groups attached to an aromatic ring is 1. The van der Waals surface area contributed by atoms with Crippen LogP contribution in [0, 0.1) is 0 Å². The topological polar surface area (TPSA) is 85.8 Å². The van der Waals surface area contributed by atoms with Gasteiger partial charge in [0.25, 0.3) is 5.91 Å². The van der Waals surface area contributed by atoms with Gasteiger partial charge in [-0.25, -0.2) is 4.98 Å². The first kappa shape index (κ1) is 12.4. The second-order valence-electron chi connectivity index (χ2n) is 3.61. The number of carbonyl (C=O) groups is 1. The van der Waals surface area contributed by atoms with Gasteiger partial charge in [-0.05, 0) is 12.1 Å². The first-order valence-corrected chi connectivity index (χ1v) is 5.71. The minimum atomic E-state index is -0.277. The average molecular weight is 266 g/mol. The second kappa shape index (κ2) is 5.50. The highest BCUT2D eigenvalue weighted by Crippen LogP contribution is 2.16. The SMILES string of the molecule is Nc1cc(C(=O)NCCn2cccn2)c(Cl)cn1. The number of aromatic nitrogens is 3. The number of rotatable bonds is 4. The van der Waals surface area contributed by atoms with Crippen molar-refractivity contribution in [1.29, 1.82) is 0 Å². The van der Waals surface area contributed by atoms with Crippen LogP contribution in [0.1, 0.15) is 10.4 Å². The Bertz CT molecular complexity index is 540. The molecule has 0 atom stereocenters. The molecule has 1 amide bonds. The number of nitrogens with one attached hydrogen (secondary N) is 1. The van der Waals surface area contributed by atoms with Crippen molar-refractivity contribution in [2.45, 2.75) is 6.54 Å². The molecular formula is C11H12ClN5O. The Hall–Kier alpha value is -2.08. The fourth-order valence-electron chi connectivity index (χ4n) is 1.44. The van der Waals surface area contributed by atoms with E-state index in [1.807, 2.05) is 12.3 Å². The summed E-state index contributed by atoms with van der Waals surface area (Å²) in [5.41, 5.74) is 5.83. The van der Waals surface area contributed by atoms with E-state index in [-0.39, 0.29) is 16.7 Å². The van der Waals surface area contributed by atoms with E-state index in [9.17, 15) is 4.79 Å². The van der Waals surface area contributed by atoms with Gasteiger partial charge < -0.3 is 11.1 Å². The monoisotopic (exact) mass is 265 g/mol. The average Bonchev–Trinajstić information content (AvgIpc) is 2.85. The Morgan fingerprint density at radius 1 is 1.56 bits per heavy atom. The second-order valence-corrected chi connectivity index (χ2v) is 4.02. The smallest absolute Gasteiger partial charge is 0.253 e. The van der Waals surface area contributed by atoms with Crippen LogP contribution in [0.25, 0.3) is 0 Å². The molecule has 0 radical (unpaired) electrons. The molecule has 0 unspecified atom stereocenters. The number of hydrogen-bond donors (Lipinski definition) is 2. The van der Waals surface area contributed by atoms with Crippen molar-refractivity contribution in [2.24, 2.45) is 0 Å². The van der Waals surface area contributed by atoms with Crippen LogP contribution in [0.5, 0.6) is 0 Å². The van der Waals surface area contributed by atoms with Crippen LogP contribution < -0.4 is 11.1 Å². The summed E-state index contributed by atoms with van der Waals surface area (Å²) in [6.07, 6.45) is 4.87. The van der Waals surface area contributed by atoms with Gasteiger partial charge in [0.1, 0.15) is 5.82 Å². The Morgan fingerprint density at radius 3 is 3.11 bits per heavy atom. The summed E-state index contributed by atoms with van der Waals surface area (Å²) in [4.78, 5) is 15.6. The highest BCUT2D eigenvalue weighted by molar-refractivity contribution is 6.33. The molecule has 94 valence electrons. The van der Waals surface area contributed by atoms with Gasteiger partial charge in [0.15, 0.2) is 0 Å². The third-order valence-corrected chi connectivity index (χ3v) is 2.61. The molecule has 0 saturated carbocycles. The van der Waals surface area contributed by atoms with Gasteiger partial charge >= 0.3 is 0 Å². The molecule has 0 aliphatic rings. The minimum Gasteiger partial charge on any atom is -0.384 e. The number of anilines is 1. The lowest BCUT2D eigenvalue weighted by Gasteiger charge is -2.07. The summed E-state index contributed by atoms with van der Waals surface area (Å²) >= 11 is 5.87. The molecule has 6 nitrogen and oxygen atoms in total. The lowest BCUT2D eigenvalue weighted by atomic mass is 10.2. The molecule has 0 aromatic carbocycles. The number of carbonyl (C=O) groups excluding carboxylic acids is 1. The zero-order chi connectivity index (χ0) is 13.0. The van der Waals surface area contributed by atoms with Gasteiger partial charge in [-0.2, -0.15) is 5.10 Å². The van der Waals surface area contributed by atoms with E-state index in [1.54, 1.807) is 10.9 Å². The number of nitrogens with two attached hydrogens (primary N) is 1. The van der Waals surface area contributed by atoms with Crippen molar-refractivity contribution in [1.82, 2.24) is 20.1 Å². The zero-order valence-corrected chi connectivity index (χ0v) is 10.3. The van der Waals surface area contributed by atoms with E-state index in [0.29, 0.717) is 18.7 Å². The molecule has 0 spiro atoms. The largest absolute Gasteiger partial charge is 0.384 e. The maximum atomic E-state index is 11.8. The Labute approximate surface area is 109 Å². The van der Waals surface area contributed by atoms with Gasteiger partial charge in [-0.3, -0.25) is 9.48 Å². The summed E-state index contributed by atoms with van der Waals surface area (Å²) in [6.45, 7) is 1.05. The molecule has 3 N–H and O–H groups in total. The van der Waals surface area contributed by atoms with Crippen molar-refractivity contribution >= 4 is 23.3 Å². The van der Waals surface area contributed by atoms with E-state index in [2.05, 4.69) is 15.4 Å². The van der Waals surface area contributed by atoms with Gasteiger partial charge in [-0.15, -0.1) is 0 Å². The fraction of sp³-hybridized carbons (Fsp3) is 0.182. The van der Waals surface area contributed by atoms with Crippen LogP contribution >= 0.6 is 11.6 Å². The molecule has 18 heavy (non-hydrogen) atoms. The first-order valence-electron chi connectivity index (χ1n) is 5.33. The van der Waals surface area contributed by atoms with E-state index < -0.39 is 0 Å². The van der Waals surface area contributed by atoms with E-state index in [4.69, 9.17) is 17.3 Å². The minimum absolute atomic E-state index is 0.261. The highest BCUT2D eigenvalue weighted by Gasteiger charge is 2.10. The molecule has 0 bridgehead atoms. The maximum Gasteiger partial charge on any atom is 0.253 e. The zero-order valence-electron chi connectivity index (χ0n) is 9.51. The molecule has 0 aliphatic carbocycles. The standard InChI is InChI=1S/C11H12ClN5O/c12-9-7-15-10(13)6-8(9)11(18)14-3-5-17-4-1-2-16-17/h1-2,4,6-7H,3,5H2,(H2,13,15)(H,14,18). The lowest BCUT2D eigenvalue weighted by molar-refractivity contribution is 0.0952. The Balaban J connectivity index is 1.93. The fourth-order valence-corrected chi connectivity index (χ4v) is 1.63. The van der Waals surface area contributed by atoms with Crippen molar-refractivity contribution in [2.75, 3.05) is 12.3 Å². The summed E-state index contributed by atoms with van der Waals surface area (Å²) in [7, 11) is 0. The van der Waals surface area contributed by atoms with Crippen LogP contribution in [0.15, 0.2) is 30.7 Å². The lowest BCUT2D eigenvalue weighted by Crippen LogP contribution is -2.27. The van der Waals surface area contributed by atoms with Gasteiger partial charge in [0.05, 0.1) is 17.1 Å². The molecule has 2 aromatic heterocycles. The highest BCUT2D eigenvalue weighted by atomic mass is 35.5. The predicted octanol–water partition coefficient (Wildman–Crippen LogP) is 0.944. The number of amides is 1. The van der Waals surface area contributed by atoms with Crippen molar-refractivity contribution < 1.29 is 4.79 Å². The third kappa shape index (κ3) is 2.98. The summed E-state index contributed by atoms with van der Waals surface area (Å²) < 4.78 is 1.72. The van der Waals surface area contributed by atoms with E-state index >= 15 is 0 Å². The van der Waals surface area contributed by atoms with Gasteiger partial charge in [0.2, 0.25) is 0 Å². The quantitative estimate of drug-likeness (QED) is 0.862. The van der Waals surface area contributed by atoms with Crippen molar-refractivity contribution in [3.05, 3.63) is 41.3 Å². The normalized spacial score (nSPS) is 10.3. The third-order valence-electron chi connectivity index (χ3n) is 2.31. The van der Waals surface area contributed by atoms with Crippen LogP contribution in [-0.4, -0.2) is 27.2 Å². The number of hydrogen-bond acceptors (Lipinski definition) is 4. The Kier molecular flexibility index (Phi) is 3.78. The number of halogens is 1.